The highest BCUT2D eigenvalue weighted by atomic mass is 16.3. The van der Waals surface area contributed by atoms with Crippen LogP contribution in [0.3, 0.4) is 0 Å². The van der Waals surface area contributed by atoms with E-state index < -0.39 is 16.9 Å². The quantitative estimate of drug-likeness (QED) is 0.148. The fourth-order valence-corrected chi connectivity index (χ4v) is 5.20. The van der Waals surface area contributed by atoms with Gasteiger partial charge in [-0.05, 0) is 62.4 Å². The molecule has 0 bridgehead atoms. The summed E-state index contributed by atoms with van der Waals surface area (Å²) in [6.45, 7) is 17.6. The Morgan fingerprint density at radius 1 is 0.580 bits per heavy atom. The Labute approximate surface area is 296 Å². The molecule has 50 heavy (non-hydrogen) atoms. The van der Waals surface area contributed by atoms with Gasteiger partial charge in [0.1, 0.15) is 11.6 Å². The number of aromatic nitrogens is 4. The number of aliphatic hydroxyl groups excluding tert-OH is 1. The molecule has 0 aliphatic heterocycles. The average Bonchev–Trinajstić information content (AvgIpc) is 3.00. The second-order valence-electron chi connectivity index (χ2n) is 15.0. The van der Waals surface area contributed by atoms with Crippen molar-refractivity contribution in [3.05, 3.63) is 107 Å². The van der Waals surface area contributed by atoms with Crippen molar-refractivity contribution in [3.63, 3.8) is 0 Å². The Kier molecular flexibility index (Phi) is 12.9. The monoisotopic (exact) mass is 680 g/mol. The number of aliphatic hydroxyl groups is 1. The lowest BCUT2D eigenvalue weighted by molar-refractivity contribution is -0.123. The van der Waals surface area contributed by atoms with Gasteiger partial charge in [0.2, 0.25) is 11.8 Å². The molecule has 4 rings (SSSR count). The van der Waals surface area contributed by atoms with Crippen molar-refractivity contribution >= 4 is 23.5 Å². The first-order valence-corrected chi connectivity index (χ1v) is 17.1. The molecule has 4 aromatic rings. The Morgan fingerprint density at radius 3 is 1.22 bits per heavy atom. The summed E-state index contributed by atoms with van der Waals surface area (Å²) in [4.78, 5) is 48.5. The number of nitrogens with zero attached hydrogens (tertiary/aromatic N) is 6. The van der Waals surface area contributed by atoms with Crippen LogP contribution >= 0.6 is 0 Å². The van der Waals surface area contributed by atoms with E-state index in [0.717, 1.165) is 34.2 Å². The van der Waals surface area contributed by atoms with E-state index in [1.165, 1.54) is 0 Å². The van der Waals surface area contributed by atoms with Crippen LogP contribution in [0.5, 0.6) is 0 Å². The zero-order valence-corrected chi connectivity index (χ0v) is 30.7. The van der Waals surface area contributed by atoms with Crippen molar-refractivity contribution in [1.82, 2.24) is 29.7 Å². The van der Waals surface area contributed by atoms with Crippen molar-refractivity contribution in [2.45, 2.75) is 87.7 Å². The van der Waals surface area contributed by atoms with Crippen LogP contribution in [-0.4, -0.2) is 65.9 Å². The van der Waals surface area contributed by atoms with Gasteiger partial charge in [0.15, 0.2) is 0 Å². The lowest BCUT2D eigenvalue weighted by atomic mass is 9.96. The molecule has 0 saturated heterocycles. The number of pyridine rings is 4. The maximum absolute atomic E-state index is 12.7. The third kappa shape index (κ3) is 12.4. The lowest BCUT2D eigenvalue weighted by Crippen LogP contribution is -2.40. The van der Waals surface area contributed by atoms with Crippen LogP contribution < -0.4 is 10.6 Å². The molecule has 0 aromatic carbocycles. The molecule has 0 aliphatic carbocycles. The summed E-state index contributed by atoms with van der Waals surface area (Å²) in [6.07, 6.45) is -0.753. The summed E-state index contributed by atoms with van der Waals surface area (Å²) in [6, 6.07) is 23.0. The third-order valence-corrected chi connectivity index (χ3v) is 7.83. The van der Waals surface area contributed by atoms with E-state index in [4.69, 9.17) is 19.9 Å². The lowest BCUT2D eigenvalue weighted by Gasteiger charge is -2.29. The minimum Gasteiger partial charge on any atom is -0.390 e. The molecule has 1 atom stereocenters. The summed E-state index contributed by atoms with van der Waals surface area (Å²) in [5, 5.41) is 17.5. The van der Waals surface area contributed by atoms with E-state index in [2.05, 4.69) is 20.4 Å². The minimum atomic E-state index is -0.753. The zero-order valence-electron chi connectivity index (χ0n) is 30.7. The molecule has 1 unspecified atom stereocenters. The Morgan fingerprint density at radius 2 is 0.900 bits per heavy atom. The Hall–Kier alpha value is -4.58. The van der Waals surface area contributed by atoms with E-state index in [-0.39, 0.29) is 11.8 Å². The maximum Gasteiger partial charge on any atom is 0.230 e. The van der Waals surface area contributed by atoms with Crippen LogP contribution in [0, 0.1) is 24.7 Å². The van der Waals surface area contributed by atoms with Gasteiger partial charge in [-0.15, -0.1) is 0 Å². The summed E-state index contributed by atoms with van der Waals surface area (Å²) in [5.74, 6) is 0.684. The minimum absolute atomic E-state index is 0.126. The maximum atomic E-state index is 12.7. The largest absolute Gasteiger partial charge is 0.390 e. The molecule has 0 saturated carbocycles. The predicted octanol–water partition coefficient (Wildman–Crippen LogP) is 5.92. The van der Waals surface area contributed by atoms with Crippen molar-refractivity contribution < 1.29 is 14.7 Å². The van der Waals surface area contributed by atoms with Gasteiger partial charge >= 0.3 is 0 Å². The summed E-state index contributed by atoms with van der Waals surface area (Å²) in [7, 11) is 0. The average molecular weight is 681 g/mol. The molecule has 4 heterocycles. The smallest absolute Gasteiger partial charge is 0.230 e. The van der Waals surface area contributed by atoms with E-state index in [9.17, 15) is 14.7 Å². The van der Waals surface area contributed by atoms with E-state index in [0.29, 0.717) is 50.9 Å². The van der Waals surface area contributed by atoms with Crippen LogP contribution in [-0.2, 0) is 35.8 Å². The fraction of sp³-hybridized carbons (Fsp3) is 0.436. The van der Waals surface area contributed by atoms with Gasteiger partial charge in [0.25, 0.3) is 0 Å². The molecule has 11 heteroatoms. The van der Waals surface area contributed by atoms with E-state index in [1.54, 1.807) is 12.1 Å². The van der Waals surface area contributed by atoms with Crippen molar-refractivity contribution in [3.8, 4) is 0 Å². The topological polar surface area (TPSA) is 136 Å². The van der Waals surface area contributed by atoms with Gasteiger partial charge in [-0.1, -0.05) is 65.8 Å². The number of hydrogen-bond acceptors (Lipinski definition) is 9. The Balaban J connectivity index is 1.57. The normalized spacial score (nSPS) is 12.6. The molecule has 3 N–H and O–H groups in total. The van der Waals surface area contributed by atoms with E-state index >= 15 is 0 Å². The molecule has 4 aromatic heterocycles. The molecule has 0 aliphatic rings. The highest BCUT2D eigenvalue weighted by molar-refractivity contribution is 5.94. The number of carbonyl (C=O) groups excluding carboxylic acids is 2. The third-order valence-electron chi connectivity index (χ3n) is 7.83. The van der Waals surface area contributed by atoms with Gasteiger partial charge in [-0.3, -0.25) is 29.4 Å². The molecule has 0 fully saturated rings. The second-order valence-corrected chi connectivity index (χ2v) is 15.0. The SMILES string of the molecule is Cc1cccc(CN(Cc2cccc(C)n2)CC(O)CN(Cc2cccc(NC(=O)C(C)(C)C)n2)Cc2cccc(NC(=O)C(C)(C)C)n2)n1. The van der Waals surface area contributed by atoms with Crippen LogP contribution in [0.4, 0.5) is 11.6 Å². The van der Waals surface area contributed by atoms with Gasteiger partial charge < -0.3 is 15.7 Å². The van der Waals surface area contributed by atoms with Crippen molar-refractivity contribution in [1.29, 1.82) is 0 Å². The van der Waals surface area contributed by atoms with Crippen LogP contribution in [0.1, 0.15) is 75.7 Å². The molecule has 0 radical (unpaired) electrons. The molecule has 11 nitrogen and oxygen atoms in total. The standard InChI is InChI=1S/C39H52N8O3/c1-27-13-9-15-29(40-27)21-46(22-30-16-10-14-28(2)41-30)25-33(48)26-47(23-31-17-11-19-34(42-31)44-36(49)38(3,4)5)24-32-18-12-20-35(43-32)45-37(50)39(6,7)8/h9-20,33,48H,21-26H2,1-8H3,(H,42,44,49)(H,43,45,50). The summed E-state index contributed by atoms with van der Waals surface area (Å²) in [5.41, 5.74) is 4.02. The first kappa shape index (κ1) is 38.2. The van der Waals surface area contributed by atoms with Gasteiger partial charge in [-0.25, -0.2) is 9.97 Å². The number of nitrogens with one attached hydrogen (secondary N) is 2. The zero-order chi connectivity index (χ0) is 36.5. The van der Waals surface area contributed by atoms with Gasteiger partial charge in [0.05, 0.1) is 28.9 Å². The van der Waals surface area contributed by atoms with Crippen LogP contribution in [0.15, 0.2) is 72.8 Å². The van der Waals surface area contributed by atoms with E-state index in [1.807, 2.05) is 116 Å². The highest BCUT2D eigenvalue weighted by Gasteiger charge is 2.24. The summed E-state index contributed by atoms with van der Waals surface area (Å²) < 4.78 is 0. The number of amides is 2. The molecule has 266 valence electrons. The Bertz CT molecular complexity index is 1630. The van der Waals surface area contributed by atoms with Gasteiger partial charge in [-0.2, -0.15) is 0 Å². The molecule has 0 spiro atoms. The number of anilines is 2. The molecular formula is C39H52N8O3. The molecule has 2 amide bonds. The first-order chi connectivity index (χ1) is 23.5. The second kappa shape index (κ2) is 16.9. The number of rotatable bonds is 14. The summed E-state index contributed by atoms with van der Waals surface area (Å²) >= 11 is 0. The first-order valence-electron chi connectivity index (χ1n) is 17.1. The van der Waals surface area contributed by atoms with Gasteiger partial charge in [0, 0.05) is 61.5 Å². The van der Waals surface area contributed by atoms with Crippen molar-refractivity contribution in [2.24, 2.45) is 10.8 Å². The van der Waals surface area contributed by atoms with Crippen LogP contribution in [0.25, 0.3) is 0 Å². The highest BCUT2D eigenvalue weighted by Crippen LogP contribution is 2.19. The number of hydrogen-bond donors (Lipinski definition) is 3. The number of aryl methyl sites for hydroxylation is 2. The molecular weight excluding hydrogens is 628 g/mol. The van der Waals surface area contributed by atoms with Crippen LogP contribution in [0.2, 0.25) is 0 Å². The number of carbonyl (C=O) groups is 2. The predicted molar refractivity (Wildman–Crippen MR) is 197 cm³/mol. The fourth-order valence-electron chi connectivity index (χ4n) is 5.20. The van der Waals surface area contributed by atoms with Crippen molar-refractivity contribution in [2.75, 3.05) is 23.7 Å².